The van der Waals surface area contributed by atoms with Gasteiger partial charge in [-0.3, -0.25) is 4.79 Å². The predicted molar refractivity (Wildman–Crippen MR) is 151 cm³/mol. The third-order valence-electron chi connectivity index (χ3n) is 6.11. The molecule has 1 amide bonds. The van der Waals surface area contributed by atoms with Crippen molar-refractivity contribution in [1.82, 2.24) is 5.32 Å². The molecule has 0 aliphatic carbocycles. The maximum atomic E-state index is 13.3. The molecule has 0 aliphatic rings. The Kier molecular flexibility index (Phi) is 13.1. The van der Waals surface area contributed by atoms with Crippen LogP contribution in [0.25, 0.3) is 11.1 Å². The zero-order valence-corrected chi connectivity index (χ0v) is 22.0. The summed E-state index contributed by atoms with van der Waals surface area (Å²) in [4.78, 5) is 25.0. The molecule has 2 N–H and O–H groups in total. The SMILES string of the molecule is CCCCC(OCc1ccc(C(=O)N[C@@H](CCSC)C(=O)O)c(-c2ccccc2C)c1)c1ccco1.[LiH]. The van der Waals surface area contributed by atoms with Crippen LogP contribution in [0.15, 0.2) is 65.3 Å². The molecule has 1 unspecified atom stereocenters. The Morgan fingerprint density at radius 3 is 2.51 bits per heavy atom. The van der Waals surface area contributed by atoms with Crippen LogP contribution < -0.4 is 5.32 Å². The van der Waals surface area contributed by atoms with Crippen molar-refractivity contribution in [2.75, 3.05) is 12.0 Å². The molecule has 0 saturated heterocycles. The number of amides is 1. The summed E-state index contributed by atoms with van der Waals surface area (Å²) in [6.07, 6.45) is 6.75. The van der Waals surface area contributed by atoms with Crippen LogP contribution in [0.1, 0.15) is 66.0 Å². The predicted octanol–water partition coefficient (Wildman–Crippen LogP) is 5.99. The molecule has 0 saturated carbocycles. The van der Waals surface area contributed by atoms with E-state index in [1.807, 2.05) is 61.7 Å². The summed E-state index contributed by atoms with van der Waals surface area (Å²) in [7, 11) is 0. The number of carbonyl (C=O) groups is 2. The second kappa shape index (κ2) is 15.7. The van der Waals surface area contributed by atoms with Gasteiger partial charge in [0.25, 0.3) is 5.91 Å². The molecule has 8 heteroatoms. The summed E-state index contributed by atoms with van der Waals surface area (Å²) >= 11 is 1.55. The van der Waals surface area contributed by atoms with Gasteiger partial charge in [-0.25, -0.2) is 4.79 Å². The number of ether oxygens (including phenoxy) is 1. The number of carbonyl (C=O) groups excluding carboxylic acids is 1. The summed E-state index contributed by atoms with van der Waals surface area (Å²) in [6.45, 7) is 4.51. The summed E-state index contributed by atoms with van der Waals surface area (Å²) in [6, 6.07) is 16.3. The third kappa shape index (κ3) is 8.82. The summed E-state index contributed by atoms with van der Waals surface area (Å²) in [5, 5.41) is 12.3. The standard InChI is InChI=1S/C29H35NO5S.Li.H/c1-4-5-11-27(26-12-8-16-34-26)35-19-21-13-14-23(24(18-21)22-10-7-6-9-20(22)2)28(31)30-25(29(32)33)15-17-36-3;;/h6-10,12-14,16,18,25,27H,4-5,11,15,17,19H2,1-3H3,(H,30,31)(H,32,33);;/t25-,27?;;/m0../s1. The minimum atomic E-state index is -1.03. The van der Waals surface area contributed by atoms with E-state index in [4.69, 9.17) is 9.15 Å². The van der Waals surface area contributed by atoms with Gasteiger partial charge in [-0.05, 0) is 78.3 Å². The van der Waals surface area contributed by atoms with E-state index in [0.717, 1.165) is 47.3 Å². The van der Waals surface area contributed by atoms with Gasteiger partial charge in [-0.1, -0.05) is 50.1 Å². The average molecular weight is 518 g/mol. The van der Waals surface area contributed by atoms with Crippen molar-refractivity contribution in [3.05, 3.63) is 83.3 Å². The van der Waals surface area contributed by atoms with E-state index in [-0.39, 0.29) is 25.0 Å². The second-order valence-corrected chi connectivity index (χ2v) is 9.78. The van der Waals surface area contributed by atoms with Gasteiger partial charge in [0.05, 0.1) is 12.9 Å². The number of rotatable bonds is 14. The monoisotopic (exact) mass is 517 g/mol. The van der Waals surface area contributed by atoms with Crippen LogP contribution in [0.2, 0.25) is 0 Å². The van der Waals surface area contributed by atoms with Crippen LogP contribution in [0.5, 0.6) is 0 Å². The molecule has 0 fully saturated rings. The number of furan rings is 1. The molecular formula is C29H36LiNO5S. The number of aryl methyl sites for hydroxylation is 1. The second-order valence-electron chi connectivity index (χ2n) is 8.80. The van der Waals surface area contributed by atoms with E-state index in [2.05, 4.69) is 12.2 Å². The van der Waals surface area contributed by atoms with Crippen LogP contribution in [-0.2, 0) is 16.1 Å². The molecule has 3 rings (SSSR count). The molecule has 1 aromatic heterocycles. The molecule has 1 heterocycles. The van der Waals surface area contributed by atoms with E-state index < -0.39 is 17.9 Å². The summed E-state index contributed by atoms with van der Waals surface area (Å²) in [5.41, 5.74) is 4.07. The fourth-order valence-electron chi connectivity index (χ4n) is 4.07. The quantitative estimate of drug-likeness (QED) is 0.255. The number of unbranched alkanes of at least 4 members (excludes halogenated alkanes) is 1. The first-order valence-electron chi connectivity index (χ1n) is 12.3. The van der Waals surface area contributed by atoms with Crippen molar-refractivity contribution in [3.8, 4) is 11.1 Å². The van der Waals surface area contributed by atoms with Gasteiger partial charge in [0, 0.05) is 5.56 Å². The van der Waals surface area contributed by atoms with Crippen molar-refractivity contribution in [2.45, 2.75) is 58.3 Å². The zero-order chi connectivity index (χ0) is 25.9. The molecule has 0 spiro atoms. The zero-order valence-electron chi connectivity index (χ0n) is 21.2. The van der Waals surface area contributed by atoms with Crippen molar-refractivity contribution < 1.29 is 23.8 Å². The summed E-state index contributed by atoms with van der Waals surface area (Å²) in [5.74, 6) is 0.0256. The van der Waals surface area contributed by atoms with Crippen LogP contribution in [-0.4, -0.2) is 53.9 Å². The Bertz CT molecular complexity index is 1140. The third-order valence-corrected chi connectivity index (χ3v) is 6.75. The van der Waals surface area contributed by atoms with Gasteiger partial charge in [0.2, 0.25) is 0 Å². The first-order valence-corrected chi connectivity index (χ1v) is 13.7. The number of carboxylic acids is 1. The van der Waals surface area contributed by atoms with Crippen molar-refractivity contribution in [3.63, 3.8) is 0 Å². The number of hydrogen-bond acceptors (Lipinski definition) is 5. The van der Waals surface area contributed by atoms with E-state index in [1.165, 1.54) is 0 Å². The van der Waals surface area contributed by atoms with E-state index in [9.17, 15) is 14.7 Å². The summed E-state index contributed by atoms with van der Waals surface area (Å²) < 4.78 is 11.9. The molecule has 6 nitrogen and oxygen atoms in total. The molecule has 0 radical (unpaired) electrons. The van der Waals surface area contributed by atoms with Gasteiger partial charge in [0.15, 0.2) is 0 Å². The minimum absolute atomic E-state index is 0. The Morgan fingerprint density at radius 2 is 1.86 bits per heavy atom. The fourth-order valence-corrected chi connectivity index (χ4v) is 4.55. The van der Waals surface area contributed by atoms with Crippen LogP contribution >= 0.6 is 11.8 Å². The first kappa shape index (κ1) is 30.8. The molecule has 0 aliphatic heterocycles. The van der Waals surface area contributed by atoms with Gasteiger partial charge in [-0.15, -0.1) is 0 Å². The molecule has 37 heavy (non-hydrogen) atoms. The van der Waals surface area contributed by atoms with Crippen LogP contribution in [0.3, 0.4) is 0 Å². The Morgan fingerprint density at radius 1 is 1.08 bits per heavy atom. The molecular weight excluding hydrogens is 481 g/mol. The van der Waals surface area contributed by atoms with E-state index in [1.54, 1.807) is 24.1 Å². The van der Waals surface area contributed by atoms with Crippen LogP contribution in [0.4, 0.5) is 0 Å². The van der Waals surface area contributed by atoms with E-state index >= 15 is 0 Å². The fraction of sp³-hybridized carbons (Fsp3) is 0.379. The van der Waals surface area contributed by atoms with Crippen molar-refractivity contribution >= 4 is 42.5 Å². The van der Waals surface area contributed by atoms with Crippen molar-refractivity contribution in [2.24, 2.45) is 0 Å². The van der Waals surface area contributed by atoms with Gasteiger partial charge < -0.3 is 19.6 Å². The van der Waals surface area contributed by atoms with Gasteiger partial charge >= 0.3 is 24.8 Å². The molecule has 2 aromatic carbocycles. The number of benzene rings is 2. The molecule has 2 atom stereocenters. The van der Waals surface area contributed by atoms with Crippen LogP contribution in [0, 0.1) is 6.92 Å². The van der Waals surface area contributed by atoms with Gasteiger partial charge in [0.1, 0.15) is 17.9 Å². The maximum absolute atomic E-state index is 13.3. The topological polar surface area (TPSA) is 88.8 Å². The average Bonchev–Trinajstić information content (AvgIpc) is 3.41. The normalized spacial score (nSPS) is 12.4. The van der Waals surface area contributed by atoms with Crippen molar-refractivity contribution in [1.29, 1.82) is 0 Å². The molecule has 194 valence electrons. The number of hydrogen-bond donors (Lipinski definition) is 2. The number of aliphatic carboxylic acids is 1. The Balaban J connectivity index is 0.00000481. The molecule has 0 bridgehead atoms. The number of nitrogens with one attached hydrogen (secondary N) is 1. The van der Waals surface area contributed by atoms with Gasteiger partial charge in [-0.2, -0.15) is 11.8 Å². The van der Waals surface area contributed by atoms with E-state index in [0.29, 0.717) is 24.3 Å². The Hall–Kier alpha value is -2.43. The number of carboxylic acid groups (broad SMARTS) is 1. The number of thioether (sulfide) groups is 1. The first-order chi connectivity index (χ1) is 17.4. The molecule has 3 aromatic rings. The Labute approximate surface area is 235 Å².